The molecule has 0 aromatic heterocycles. The standard InChI is InChI=1S/C24H38O4/c1-14(4-7-21(27)28)17-5-6-18-22-19(9-11-24(17,18)3)23(2)10-8-16(25)12-15(23)13-20(22)26/h4,7,14-20,22,25-26H,5-6,8-13H2,1-3H3,(H,27,28)/b7-4+/t14-,15+,16-,17?,18+,19+,20-,22+,23+,24-/m1/s1. The van der Waals surface area contributed by atoms with Crippen LogP contribution in [-0.4, -0.2) is 33.5 Å². The molecule has 4 fully saturated rings. The zero-order valence-electron chi connectivity index (χ0n) is 17.7. The fourth-order valence-electron chi connectivity index (χ4n) is 8.47. The van der Waals surface area contributed by atoms with E-state index < -0.39 is 5.97 Å². The Hall–Kier alpha value is -0.870. The number of carboxylic acid groups (broad SMARTS) is 1. The predicted octanol–water partition coefficient (Wildman–Crippen LogP) is 4.25. The van der Waals surface area contributed by atoms with E-state index in [1.807, 2.05) is 6.08 Å². The number of aliphatic carboxylic acids is 1. The van der Waals surface area contributed by atoms with E-state index in [-0.39, 0.29) is 29.0 Å². The third-order valence-electron chi connectivity index (χ3n) is 9.91. The summed E-state index contributed by atoms with van der Waals surface area (Å²) in [5.74, 6) is 1.82. The second kappa shape index (κ2) is 7.12. The molecule has 0 saturated heterocycles. The van der Waals surface area contributed by atoms with E-state index in [9.17, 15) is 15.0 Å². The lowest BCUT2D eigenvalue weighted by Gasteiger charge is -2.62. The Morgan fingerprint density at radius 2 is 1.68 bits per heavy atom. The zero-order valence-corrected chi connectivity index (χ0v) is 17.7. The van der Waals surface area contributed by atoms with Crippen LogP contribution in [0.2, 0.25) is 0 Å². The number of aliphatic hydroxyl groups is 2. The SMILES string of the molecule is C[C@H](/C=C/C(=O)O)C1CC[C@H]2[C@@H]3[C@H](O)C[C@@H]4C[C@H](O)CC[C@]4(C)[C@H]3CC[C@]12C. The summed E-state index contributed by atoms with van der Waals surface area (Å²) in [7, 11) is 0. The van der Waals surface area contributed by atoms with E-state index in [4.69, 9.17) is 5.11 Å². The Labute approximate surface area is 169 Å². The van der Waals surface area contributed by atoms with Gasteiger partial charge in [-0.25, -0.2) is 4.79 Å². The molecule has 4 nitrogen and oxygen atoms in total. The van der Waals surface area contributed by atoms with Crippen molar-refractivity contribution in [1.82, 2.24) is 0 Å². The summed E-state index contributed by atoms with van der Waals surface area (Å²) in [5, 5.41) is 30.4. The zero-order chi connectivity index (χ0) is 20.3. The number of hydrogen-bond donors (Lipinski definition) is 3. The fourth-order valence-corrected chi connectivity index (χ4v) is 8.47. The summed E-state index contributed by atoms with van der Waals surface area (Å²) in [5.41, 5.74) is 0.457. The Morgan fingerprint density at radius 3 is 2.39 bits per heavy atom. The van der Waals surface area contributed by atoms with Crippen molar-refractivity contribution < 1.29 is 20.1 Å². The van der Waals surface area contributed by atoms with Gasteiger partial charge < -0.3 is 15.3 Å². The number of carboxylic acids is 1. The number of allylic oxidation sites excluding steroid dienone is 1. The second-order valence-electron chi connectivity index (χ2n) is 11.0. The molecule has 3 N–H and O–H groups in total. The van der Waals surface area contributed by atoms with Gasteiger partial charge in [-0.1, -0.05) is 26.8 Å². The Morgan fingerprint density at radius 1 is 1.00 bits per heavy atom. The van der Waals surface area contributed by atoms with Crippen LogP contribution in [0.1, 0.15) is 72.1 Å². The molecule has 0 heterocycles. The highest BCUT2D eigenvalue weighted by molar-refractivity contribution is 5.79. The number of carbonyl (C=O) groups is 1. The van der Waals surface area contributed by atoms with Crippen LogP contribution in [0.4, 0.5) is 0 Å². The summed E-state index contributed by atoms with van der Waals surface area (Å²) in [6, 6.07) is 0. The van der Waals surface area contributed by atoms with E-state index in [0.29, 0.717) is 29.6 Å². The van der Waals surface area contributed by atoms with Gasteiger partial charge >= 0.3 is 5.97 Å². The second-order valence-corrected chi connectivity index (χ2v) is 11.0. The largest absolute Gasteiger partial charge is 0.478 e. The molecule has 4 aliphatic rings. The van der Waals surface area contributed by atoms with Gasteiger partial charge in [-0.15, -0.1) is 0 Å². The lowest BCUT2D eigenvalue weighted by Crippen LogP contribution is -2.58. The number of aliphatic hydroxyl groups excluding tert-OH is 2. The fraction of sp³-hybridized carbons (Fsp3) is 0.875. The molecule has 0 radical (unpaired) electrons. The van der Waals surface area contributed by atoms with Crippen molar-refractivity contribution in [3.8, 4) is 0 Å². The minimum Gasteiger partial charge on any atom is -0.478 e. The molecule has 0 aromatic carbocycles. The summed E-state index contributed by atoms with van der Waals surface area (Å²) in [6.07, 6.45) is 11.1. The van der Waals surface area contributed by atoms with Crippen LogP contribution in [0, 0.1) is 46.3 Å². The highest BCUT2D eigenvalue weighted by Crippen LogP contribution is 2.68. The molecular formula is C24H38O4. The molecule has 28 heavy (non-hydrogen) atoms. The molecule has 158 valence electrons. The van der Waals surface area contributed by atoms with E-state index in [0.717, 1.165) is 38.5 Å². The van der Waals surface area contributed by atoms with Crippen LogP contribution in [0.25, 0.3) is 0 Å². The minimum atomic E-state index is -0.864. The molecule has 4 heteroatoms. The van der Waals surface area contributed by atoms with Crippen LogP contribution in [0.5, 0.6) is 0 Å². The topological polar surface area (TPSA) is 77.8 Å². The van der Waals surface area contributed by atoms with Gasteiger partial charge in [0.25, 0.3) is 0 Å². The highest BCUT2D eigenvalue weighted by Gasteiger charge is 2.62. The quantitative estimate of drug-likeness (QED) is 0.630. The summed E-state index contributed by atoms with van der Waals surface area (Å²) < 4.78 is 0. The van der Waals surface area contributed by atoms with Crippen molar-refractivity contribution in [2.45, 2.75) is 84.3 Å². The van der Waals surface area contributed by atoms with Gasteiger partial charge in [0.15, 0.2) is 0 Å². The predicted molar refractivity (Wildman–Crippen MR) is 109 cm³/mol. The van der Waals surface area contributed by atoms with Crippen molar-refractivity contribution in [1.29, 1.82) is 0 Å². The van der Waals surface area contributed by atoms with Gasteiger partial charge in [-0.3, -0.25) is 0 Å². The molecule has 1 unspecified atom stereocenters. The third-order valence-corrected chi connectivity index (χ3v) is 9.91. The Balaban J connectivity index is 1.59. The lowest BCUT2D eigenvalue weighted by atomic mass is 9.43. The van der Waals surface area contributed by atoms with Gasteiger partial charge in [-0.05, 0) is 97.7 Å². The molecule has 0 aromatic rings. The first-order valence-electron chi connectivity index (χ1n) is 11.4. The maximum absolute atomic E-state index is 11.2. The van der Waals surface area contributed by atoms with E-state index in [1.54, 1.807) is 0 Å². The van der Waals surface area contributed by atoms with Crippen LogP contribution in [0.3, 0.4) is 0 Å². The average Bonchev–Trinajstić information content (AvgIpc) is 2.98. The van der Waals surface area contributed by atoms with Crippen LogP contribution >= 0.6 is 0 Å². The van der Waals surface area contributed by atoms with Gasteiger partial charge in [0.1, 0.15) is 0 Å². The Kier molecular flexibility index (Phi) is 5.19. The number of fused-ring (bicyclic) bond motifs is 5. The molecule has 4 saturated carbocycles. The Bertz CT molecular complexity index is 645. The number of rotatable bonds is 3. The summed E-state index contributed by atoms with van der Waals surface area (Å²) in [4.78, 5) is 11.0. The maximum atomic E-state index is 11.2. The highest BCUT2D eigenvalue weighted by atomic mass is 16.4. The molecule has 4 aliphatic carbocycles. The van der Waals surface area contributed by atoms with E-state index in [1.165, 1.54) is 18.9 Å². The van der Waals surface area contributed by atoms with E-state index >= 15 is 0 Å². The molecule has 0 spiro atoms. The molecule has 4 rings (SSSR count). The minimum absolute atomic E-state index is 0.187. The van der Waals surface area contributed by atoms with Gasteiger partial charge in [0, 0.05) is 6.08 Å². The maximum Gasteiger partial charge on any atom is 0.327 e. The van der Waals surface area contributed by atoms with Crippen molar-refractivity contribution in [2.24, 2.45) is 46.3 Å². The third kappa shape index (κ3) is 3.06. The monoisotopic (exact) mass is 390 g/mol. The van der Waals surface area contributed by atoms with Crippen molar-refractivity contribution in [3.05, 3.63) is 12.2 Å². The van der Waals surface area contributed by atoms with Crippen LogP contribution in [-0.2, 0) is 4.79 Å². The van der Waals surface area contributed by atoms with Crippen molar-refractivity contribution in [3.63, 3.8) is 0 Å². The van der Waals surface area contributed by atoms with Gasteiger partial charge in [0.05, 0.1) is 12.2 Å². The summed E-state index contributed by atoms with van der Waals surface area (Å²) in [6.45, 7) is 7.03. The smallest absolute Gasteiger partial charge is 0.327 e. The van der Waals surface area contributed by atoms with Crippen molar-refractivity contribution >= 4 is 5.97 Å². The molecule has 0 bridgehead atoms. The van der Waals surface area contributed by atoms with Crippen molar-refractivity contribution in [2.75, 3.05) is 0 Å². The molecular weight excluding hydrogens is 352 g/mol. The van der Waals surface area contributed by atoms with E-state index in [2.05, 4.69) is 20.8 Å². The first-order valence-corrected chi connectivity index (χ1v) is 11.4. The average molecular weight is 391 g/mol. The summed E-state index contributed by atoms with van der Waals surface area (Å²) >= 11 is 0. The van der Waals surface area contributed by atoms with Gasteiger partial charge in [0.2, 0.25) is 0 Å². The van der Waals surface area contributed by atoms with Crippen LogP contribution in [0.15, 0.2) is 12.2 Å². The normalized spacial score (nSPS) is 52.0. The number of hydrogen-bond acceptors (Lipinski definition) is 3. The van der Waals surface area contributed by atoms with Crippen LogP contribution < -0.4 is 0 Å². The first kappa shape index (κ1) is 20.4. The first-order chi connectivity index (χ1) is 13.2. The molecule has 0 aliphatic heterocycles. The molecule has 0 amide bonds. The molecule has 10 atom stereocenters. The lowest BCUT2D eigenvalue weighted by molar-refractivity contribution is -0.173. The van der Waals surface area contributed by atoms with Gasteiger partial charge in [-0.2, -0.15) is 0 Å².